The van der Waals surface area contributed by atoms with E-state index in [9.17, 15) is 14.9 Å². The van der Waals surface area contributed by atoms with Crippen LogP contribution in [0.25, 0.3) is 16.6 Å². The van der Waals surface area contributed by atoms with Gasteiger partial charge in [0.25, 0.3) is 11.2 Å². The highest BCUT2D eigenvalue weighted by Crippen LogP contribution is 2.31. The highest BCUT2D eigenvalue weighted by Gasteiger charge is 2.18. The predicted molar refractivity (Wildman–Crippen MR) is 139 cm³/mol. The number of nitrogens with zero attached hydrogens (tertiary/aromatic N) is 5. The van der Waals surface area contributed by atoms with Crippen LogP contribution in [0.3, 0.4) is 0 Å². The van der Waals surface area contributed by atoms with Crippen molar-refractivity contribution in [3.8, 4) is 11.4 Å². The van der Waals surface area contributed by atoms with Gasteiger partial charge in [-0.2, -0.15) is 9.78 Å². The second kappa shape index (κ2) is 9.46. The number of methoxy groups -OCH3 is 1. The van der Waals surface area contributed by atoms with Gasteiger partial charge < -0.3 is 9.30 Å². The number of halogens is 1. The molecule has 0 aliphatic rings. The summed E-state index contributed by atoms with van der Waals surface area (Å²) >= 11 is 3.42. The number of rotatable bonds is 6. The Morgan fingerprint density at radius 3 is 2.57 bits per heavy atom. The summed E-state index contributed by atoms with van der Waals surface area (Å²) in [4.78, 5) is 28.7. The number of nitro groups is 1. The molecule has 0 atom stereocenters. The Morgan fingerprint density at radius 2 is 1.91 bits per heavy atom. The van der Waals surface area contributed by atoms with E-state index in [4.69, 9.17) is 4.74 Å². The minimum atomic E-state index is -0.458. The molecule has 4 aromatic rings. The van der Waals surface area contributed by atoms with Gasteiger partial charge >= 0.3 is 0 Å². The number of hydrogen-bond acceptors (Lipinski definition) is 6. The van der Waals surface area contributed by atoms with Crippen molar-refractivity contribution < 1.29 is 9.66 Å². The molecule has 0 saturated carbocycles. The molecule has 0 amide bonds. The first-order chi connectivity index (χ1) is 16.6. The minimum absolute atomic E-state index is 0.0234. The van der Waals surface area contributed by atoms with E-state index in [1.54, 1.807) is 18.3 Å². The number of non-ortho nitro benzene ring substituents is 1. The summed E-state index contributed by atoms with van der Waals surface area (Å²) in [6, 6.07) is 11.8. The summed E-state index contributed by atoms with van der Waals surface area (Å²) in [6.45, 7) is 7.76. The van der Waals surface area contributed by atoms with E-state index < -0.39 is 4.92 Å². The molecule has 0 unspecified atom stereocenters. The number of benzene rings is 2. The van der Waals surface area contributed by atoms with Crippen LogP contribution < -0.4 is 10.3 Å². The second-order valence-corrected chi connectivity index (χ2v) is 9.34. The molecule has 0 saturated heterocycles. The third kappa shape index (κ3) is 4.49. The predicted octanol–water partition coefficient (Wildman–Crippen LogP) is 5.49. The quantitative estimate of drug-likeness (QED) is 0.184. The molecule has 0 bridgehead atoms. The van der Waals surface area contributed by atoms with Crippen molar-refractivity contribution in [2.24, 2.45) is 5.10 Å². The Kier molecular flexibility index (Phi) is 6.58. The van der Waals surface area contributed by atoms with Crippen molar-refractivity contribution in [2.45, 2.75) is 33.6 Å². The molecular weight excluding hydrogens is 514 g/mol. The van der Waals surface area contributed by atoms with E-state index in [0.717, 1.165) is 21.4 Å². The van der Waals surface area contributed by atoms with E-state index in [1.807, 2.05) is 50.5 Å². The molecule has 180 valence electrons. The fraction of sp³-hybridized carbons (Fsp3) is 0.240. The number of aromatic nitrogens is 3. The average molecular weight is 538 g/mol. The number of ether oxygens (including phenoxy) is 1. The molecular formula is C25H24BrN5O4. The maximum absolute atomic E-state index is 13.3. The lowest BCUT2D eigenvalue weighted by Crippen LogP contribution is -2.23. The van der Waals surface area contributed by atoms with Crippen molar-refractivity contribution in [2.75, 3.05) is 7.11 Å². The van der Waals surface area contributed by atoms with Crippen LogP contribution >= 0.6 is 15.9 Å². The van der Waals surface area contributed by atoms with Gasteiger partial charge in [-0.05, 0) is 44.2 Å². The molecule has 0 N–H and O–H groups in total. The molecule has 0 aliphatic heterocycles. The molecule has 0 fully saturated rings. The Hall–Kier alpha value is -3.79. The third-order valence-corrected chi connectivity index (χ3v) is 6.24. The highest BCUT2D eigenvalue weighted by atomic mass is 79.9. The van der Waals surface area contributed by atoms with Gasteiger partial charge in [0.1, 0.15) is 11.6 Å². The standard InChI is InChI=1S/C25H24BrN5O4/c1-14(2)24-28-21-8-6-18(26)11-20(21)25(32)30(24)27-13-17-10-15(3)29(16(17)4)22-9-7-19(31(33)34)12-23(22)35-5/h6-14H,1-5H3. The largest absolute Gasteiger partial charge is 0.494 e. The number of fused-ring (bicyclic) bond motifs is 1. The van der Waals surface area contributed by atoms with Crippen LogP contribution in [0.4, 0.5) is 5.69 Å². The monoisotopic (exact) mass is 537 g/mol. The van der Waals surface area contributed by atoms with Crippen LogP contribution in [-0.2, 0) is 0 Å². The Morgan fingerprint density at radius 1 is 1.17 bits per heavy atom. The third-order valence-electron chi connectivity index (χ3n) is 5.75. The first kappa shape index (κ1) is 24.3. The molecule has 35 heavy (non-hydrogen) atoms. The summed E-state index contributed by atoms with van der Waals surface area (Å²) in [6.07, 6.45) is 1.63. The summed E-state index contributed by atoms with van der Waals surface area (Å²) in [7, 11) is 1.48. The molecule has 0 spiro atoms. The van der Waals surface area contributed by atoms with Crippen LogP contribution in [0.2, 0.25) is 0 Å². The van der Waals surface area contributed by atoms with Crippen LogP contribution in [0, 0.1) is 24.0 Å². The van der Waals surface area contributed by atoms with Crippen molar-refractivity contribution in [1.29, 1.82) is 0 Å². The van der Waals surface area contributed by atoms with Gasteiger partial charge in [0.15, 0.2) is 0 Å². The lowest BCUT2D eigenvalue weighted by Gasteiger charge is -2.14. The smallest absolute Gasteiger partial charge is 0.282 e. The lowest BCUT2D eigenvalue weighted by molar-refractivity contribution is -0.384. The Balaban J connectivity index is 1.83. The molecule has 4 rings (SSSR count). The number of nitro benzene ring substituents is 1. The first-order valence-corrected chi connectivity index (χ1v) is 11.7. The maximum Gasteiger partial charge on any atom is 0.282 e. The first-order valence-electron chi connectivity index (χ1n) is 10.9. The highest BCUT2D eigenvalue weighted by molar-refractivity contribution is 9.10. The summed E-state index contributed by atoms with van der Waals surface area (Å²) in [5.74, 6) is 0.920. The van der Waals surface area contributed by atoms with Crippen LogP contribution in [0.5, 0.6) is 5.75 Å². The van der Waals surface area contributed by atoms with Crippen LogP contribution in [0.1, 0.15) is 42.5 Å². The zero-order valence-electron chi connectivity index (χ0n) is 19.9. The van der Waals surface area contributed by atoms with Gasteiger partial charge in [0.05, 0.1) is 40.9 Å². The fourth-order valence-electron chi connectivity index (χ4n) is 4.02. The van der Waals surface area contributed by atoms with E-state index in [-0.39, 0.29) is 17.2 Å². The zero-order chi connectivity index (χ0) is 25.4. The van der Waals surface area contributed by atoms with E-state index in [0.29, 0.717) is 28.2 Å². The molecule has 2 aromatic carbocycles. The summed E-state index contributed by atoms with van der Waals surface area (Å²) < 4.78 is 9.50. The maximum atomic E-state index is 13.3. The summed E-state index contributed by atoms with van der Waals surface area (Å²) in [5.41, 5.74) is 3.51. The molecule has 9 nitrogen and oxygen atoms in total. The summed E-state index contributed by atoms with van der Waals surface area (Å²) in [5, 5.41) is 16.2. The van der Waals surface area contributed by atoms with Gasteiger partial charge in [-0.1, -0.05) is 29.8 Å². The molecule has 10 heteroatoms. The van der Waals surface area contributed by atoms with Gasteiger partial charge in [0.2, 0.25) is 0 Å². The van der Waals surface area contributed by atoms with Crippen LogP contribution in [0.15, 0.2) is 56.8 Å². The van der Waals surface area contributed by atoms with Crippen molar-refractivity contribution in [1.82, 2.24) is 14.2 Å². The lowest BCUT2D eigenvalue weighted by atomic mass is 10.2. The van der Waals surface area contributed by atoms with E-state index in [2.05, 4.69) is 26.0 Å². The van der Waals surface area contributed by atoms with E-state index in [1.165, 1.54) is 23.9 Å². The fourth-order valence-corrected chi connectivity index (χ4v) is 4.39. The number of hydrogen-bond donors (Lipinski definition) is 0. The van der Waals surface area contributed by atoms with E-state index >= 15 is 0 Å². The van der Waals surface area contributed by atoms with Crippen molar-refractivity contribution in [3.63, 3.8) is 0 Å². The Labute approximate surface area is 210 Å². The van der Waals surface area contributed by atoms with Gasteiger partial charge in [0, 0.05) is 33.4 Å². The molecule has 0 radical (unpaired) electrons. The zero-order valence-corrected chi connectivity index (χ0v) is 21.5. The molecule has 2 heterocycles. The Bertz CT molecular complexity index is 1550. The average Bonchev–Trinajstić information content (AvgIpc) is 3.10. The molecule has 0 aliphatic carbocycles. The van der Waals surface area contributed by atoms with Crippen molar-refractivity contribution in [3.05, 3.63) is 90.2 Å². The van der Waals surface area contributed by atoms with Gasteiger partial charge in [-0.25, -0.2) is 4.98 Å². The van der Waals surface area contributed by atoms with Gasteiger partial charge in [-0.15, -0.1) is 0 Å². The minimum Gasteiger partial charge on any atom is -0.494 e. The molecule has 2 aromatic heterocycles. The van der Waals surface area contributed by atoms with Crippen LogP contribution in [-0.4, -0.2) is 32.5 Å². The van der Waals surface area contributed by atoms with Crippen molar-refractivity contribution >= 4 is 38.7 Å². The SMILES string of the molecule is COc1cc([N+](=O)[O-])ccc1-n1c(C)cc(C=Nn2c(C(C)C)nc3ccc(Br)cc3c2=O)c1C. The number of aryl methyl sites for hydroxylation is 1. The topological polar surface area (TPSA) is 105 Å². The normalized spacial score (nSPS) is 11.6. The van der Waals surface area contributed by atoms with Gasteiger partial charge in [-0.3, -0.25) is 14.9 Å². The second-order valence-electron chi connectivity index (χ2n) is 8.42.